The van der Waals surface area contributed by atoms with Crippen LogP contribution in [0.15, 0.2) is 18.3 Å². The minimum Gasteiger partial charge on any atom is -0.393 e. The molecule has 3 heteroatoms. The van der Waals surface area contributed by atoms with Gasteiger partial charge in [-0.2, -0.15) is 17.4 Å². The monoisotopic (exact) mass is 142 g/mol. The van der Waals surface area contributed by atoms with Crippen LogP contribution in [0.1, 0.15) is 5.56 Å². The van der Waals surface area contributed by atoms with E-state index in [2.05, 4.69) is 11.2 Å². The Kier molecular flexibility index (Phi) is 5.25. The summed E-state index contributed by atoms with van der Waals surface area (Å²) in [5.41, 5.74) is 0.573. The first-order valence-corrected chi connectivity index (χ1v) is 2.15. The summed E-state index contributed by atoms with van der Waals surface area (Å²) in [4.78, 5) is 3.61. The Balaban J connectivity index is 0.000000640. The molecule has 1 heterocycles. The molecule has 0 aromatic carbocycles. The van der Waals surface area contributed by atoms with Crippen molar-refractivity contribution in [2.24, 2.45) is 0 Å². The molecule has 0 fully saturated rings. The molecule has 1 aromatic rings. The van der Waals surface area contributed by atoms with Gasteiger partial charge in [0.2, 0.25) is 0 Å². The Morgan fingerprint density at radius 3 is 2.78 bits per heavy atom. The molecule has 0 bridgehead atoms. The van der Waals surface area contributed by atoms with Gasteiger partial charge in [0, 0.05) is 0 Å². The van der Waals surface area contributed by atoms with E-state index in [1.165, 1.54) is 6.20 Å². The second kappa shape index (κ2) is 5.09. The first kappa shape index (κ1) is 9.28. The summed E-state index contributed by atoms with van der Waals surface area (Å²) >= 11 is 0. The molecule has 0 aliphatic heterocycles. The summed E-state index contributed by atoms with van der Waals surface area (Å²) in [7, 11) is 0. The van der Waals surface area contributed by atoms with Gasteiger partial charge in [0.05, 0.1) is 6.07 Å². The third-order valence-electron chi connectivity index (χ3n) is 0.745. The predicted molar refractivity (Wildman–Crippen MR) is 27.8 cm³/mol. The van der Waals surface area contributed by atoms with Crippen LogP contribution in [-0.2, 0) is 0 Å². The summed E-state index contributed by atoms with van der Waals surface area (Å²) in [6.45, 7) is 0. The molecule has 1 aromatic heterocycles. The molecule has 1 rings (SSSR count). The molecule has 0 N–H and O–H groups in total. The maximum atomic E-state index is 8.23. The zero-order chi connectivity index (χ0) is 5.82. The van der Waals surface area contributed by atoms with E-state index in [4.69, 9.17) is 5.26 Å². The van der Waals surface area contributed by atoms with Crippen LogP contribution in [0.4, 0.5) is 0 Å². The molecule has 9 heavy (non-hydrogen) atoms. The van der Waals surface area contributed by atoms with E-state index < -0.39 is 0 Å². The van der Waals surface area contributed by atoms with Gasteiger partial charge in [-0.3, -0.25) is 0 Å². The second-order valence-corrected chi connectivity index (χ2v) is 1.29. The van der Waals surface area contributed by atoms with Crippen LogP contribution in [0, 0.1) is 17.5 Å². The van der Waals surface area contributed by atoms with Gasteiger partial charge in [0.1, 0.15) is 0 Å². The van der Waals surface area contributed by atoms with Gasteiger partial charge in [-0.05, 0) is 5.56 Å². The standard InChI is InChI=1S/C6H3N2.K/c7-4-6-2-1-3-8-5-6;/h1-2,5H;/q-1;+1. The van der Waals surface area contributed by atoms with Crippen molar-refractivity contribution < 1.29 is 51.4 Å². The maximum absolute atomic E-state index is 8.23. The number of nitrogens with zero attached hydrogens (tertiary/aromatic N) is 2. The molecular weight excluding hydrogens is 139 g/mol. The van der Waals surface area contributed by atoms with Crippen LogP contribution in [0.5, 0.6) is 0 Å². The summed E-state index contributed by atoms with van der Waals surface area (Å²) < 4.78 is 0. The van der Waals surface area contributed by atoms with E-state index in [0.717, 1.165) is 0 Å². The number of nitriles is 1. The number of pyridine rings is 1. The normalized spacial score (nSPS) is 7.00. The third-order valence-corrected chi connectivity index (χ3v) is 0.745. The van der Waals surface area contributed by atoms with E-state index >= 15 is 0 Å². The van der Waals surface area contributed by atoms with E-state index in [1.807, 2.05) is 6.07 Å². The Morgan fingerprint density at radius 2 is 2.44 bits per heavy atom. The third kappa shape index (κ3) is 3.09. The van der Waals surface area contributed by atoms with Crippen LogP contribution in [0.2, 0.25) is 0 Å². The van der Waals surface area contributed by atoms with E-state index in [-0.39, 0.29) is 51.4 Å². The van der Waals surface area contributed by atoms with E-state index in [0.29, 0.717) is 5.56 Å². The Labute approximate surface area is 96.3 Å². The fourth-order valence-corrected chi connectivity index (χ4v) is 0.386. The number of aromatic nitrogens is 1. The van der Waals surface area contributed by atoms with Crippen molar-refractivity contribution in [2.45, 2.75) is 0 Å². The van der Waals surface area contributed by atoms with Gasteiger partial charge in [-0.25, -0.2) is 0 Å². The van der Waals surface area contributed by atoms with E-state index in [1.54, 1.807) is 12.1 Å². The smallest absolute Gasteiger partial charge is 0.393 e. The molecule has 0 spiro atoms. The molecular formula is C6H3KN2. The fourth-order valence-electron chi connectivity index (χ4n) is 0.386. The largest absolute Gasteiger partial charge is 1.00 e. The first-order valence-electron chi connectivity index (χ1n) is 2.15. The average Bonchev–Trinajstić information content (AvgIpc) is 1.90. The van der Waals surface area contributed by atoms with Crippen molar-refractivity contribution in [1.29, 1.82) is 5.26 Å². The molecule has 0 amide bonds. The zero-order valence-corrected chi connectivity index (χ0v) is 8.25. The minimum absolute atomic E-state index is 0. The van der Waals surface area contributed by atoms with Crippen molar-refractivity contribution in [3.05, 3.63) is 30.1 Å². The average molecular weight is 142 g/mol. The Hall–Kier alpha value is 0.276. The van der Waals surface area contributed by atoms with Gasteiger partial charge in [0.25, 0.3) is 0 Å². The van der Waals surface area contributed by atoms with Gasteiger partial charge in [-0.15, -0.1) is 0 Å². The molecule has 0 aliphatic carbocycles. The van der Waals surface area contributed by atoms with Gasteiger partial charge < -0.3 is 4.98 Å². The Morgan fingerprint density at radius 1 is 1.67 bits per heavy atom. The summed E-state index contributed by atoms with van der Waals surface area (Å²) in [5.74, 6) is 0. The fraction of sp³-hybridized carbons (Fsp3) is 0. The predicted octanol–water partition coefficient (Wildman–Crippen LogP) is -2.24. The van der Waals surface area contributed by atoms with Crippen LogP contribution in [-0.4, -0.2) is 4.98 Å². The molecule has 38 valence electrons. The minimum atomic E-state index is 0. The van der Waals surface area contributed by atoms with Crippen molar-refractivity contribution in [3.8, 4) is 6.07 Å². The van der Waals surface area contributed by atoms with Crippen molar-refractivity contribution in [1.82, 2.24) is 4.98 Å². The van der Waals surface area contributed by atoms with Crippen LogP contribution in [0.3, 0.4) is 0 Å². The van der Waals surface area contributed by atoms with Crippen molar-refractivity contribution >= 4 is 0 Å². The molecule has 0 aliphatic rings. The van der Waals surface area contributed by atoms with Crippen LogP contribution < -0.4 is 51.4 Å². The van der Waals surface area contributed by atoms with Gasteiger partial charge in [-0.1, -0.05) is 12.4 Å². The second-order valence-electron chi connectivity index (χ2n) is 1.29. The summed E-state index contributed by atoms with van der Waals surface area (Å²) in [6, 6.07) is 5.21. The number of hydrogen-bond acceptors (Lipinski definition) is 2. The molecule has 0 atom stereocenters. The van der Waals surface area contributed by atoms with Crippen molar-refractivity contribution in [2.75, 3.05) is 0 Å². The molecule has 2 nitrogen and oxygen atoms in total. The molecule has 0 saturated heterocycles. The Bertz CT molecular complexity index is 202. The zero-order valence-electron chi connectivity index (χ0n) is 5.13. The molecule has 0 unspecified atom stereocenters. The summed E-state index contributed by atoms with van der Waals surface area (Å²) in [6.07, 6.45) is 4.04. The maximum Gasteiger partial charge on any atom is 1.00 e. The number of rotatable bonds is 0. The SMILES string of the molecule is N#Cc1cc[c-]nc1.[K+]. The quantitative estimate of drug-likeness (QED) is 0.303. The first-order chi connectivity index (χ1) is 3.93. The topological polar surface area (TPSA) is 36.7 Å². The van der Waals surface area contributed by atoms with E-state index in [9.17, 15) is 0 Å². The van der Waals surface area contributed by atoms with Gasteiger partial charge >= 0.3 is 51.4 Å². The number of hydrogen-bond donors (Lipinski definition) is 0. The summed E-state index contributed by atoms with van der Waals surface area (Å²) in [5, 5.41) is 8.23. The molecule has 0 radical (unpaired) electrons. The van der Waals surface area contributed by atoms with Crippen molar-refractivity contribution in [3.63, 3.8) is 0 Å². The van der Waals surface area contributed by atoms with Gasteiger partial charge in [0.15, 0.2) is 0 Å². The van der Waals surface area contributed by atoms with Crippen LogP contribution >= 0.6 is 0 Å². The molecule has 0 saturated carbocycles. The van der Waals surface area contributed by atoms with Crippen LogP contribution in [0.25, 0.3) is 0 Å².